The van der Waals surface area contributed by atoms with Gasteiger partial charge in [0.05, 0.1) is 0 Å². The highest BCUT2D eigenvalue weighted by Crippen LogP contribution is 2.49. The van der Waals surface area contributed by atoms with Gasteiger partial charge in [-0.1, -0.05) is 6.08 Å². The number of rotatable bonds is 2. The van der Waals surface area contributed by atoms with Gasteiger partial charge in [0.25, 0.3) is 5.67 Å². The number of alkyl halides is 7. The predicted molar refractivity (Wildman–Crippen MR) is 38.6 cm³/mol. The van der Waals surface area contributed by atoms with Crippen molar-refractivity contribution in [3.63, 3.8) is 0 Å². The SMILES string of the molecule is C/C=C/C(F)(C(F)(F)F)C(F)(F)Br. The fraction of sp³-hybridized carbons (Fsp3) is 0.667. The van der Waals surface area contributed by atoms with Crippen LogP contribution in [-0.2, 0) is 0 Å². The topological polar surface area (TPSA) is 0 Å². The Bertz CT molecular complexity index is 186. The second-order valence-corrected chi connectivity index (χ2v) is 3.20. The molecule has 78 valence electrons. The van der Waals surface area contributed by atoms with Crippen LogP contribution in [0.5, 0.6) is 0 Å². The summed E-state index contributed by atoms with van der Waals surface area (Å²) in [7, 11) is 0. The Balaban J connectivity index is 5.21. The molecule has 0 saturated carbocycles. The molecule has 0 amide bonds. The number of hydrogen-bond acceptors (Lipinski definition) is 0. The maximum atomic E-state index is 12.8. The molecular formula is C6H5BrF6. The van der Waals surface area contributed by atoms with Crippen molar-refractivity contribution in [2.24, 2.45) is 0 Å². The third-order valence-electron chi connectivity index (χ3n) is 1.22. The van der Waals surface area contributed by atoms with Gasteiger partial charge in [-0.3, -0.25) is 0 Å². The fourth-order valence-corrected chi connectivity index (χ4v) is 0.936. The van der Waals surface area contributed by atoms with Gasteiger partial charge in [0.2, 0.25) is 0 Å². The van der Waals surface area contributed by atoms with Crippen LogP contribution in [0.4, 0.5) is 26.3 Å². The van der Waals surface area contributed by atoms with E-state index in [4.69, 9.17) is 0 Å². The minimum atomic E-state index is -5.66. The lowest BCUT2D eigenvalue weighted by molar-refractivity contribution is -0.254. The Hall–Kier alpha value is -0.200. The van der Waals surface area contributed by atoms with Crippen LogP contribution in [-0.4, -0.2) is 16.7 Å². The predicted octanol–water partition coefficient (Wildman–Crippen LogP) is 3.82. The molecule has 0 rings (SSSR count). The Kier molecular flexibility index (Phi) is 3.46. The maximum absolute atomic E-state index is 12.8. The third-order valence-corrected chi connectivity index (χ3v) is 1.80. The van der Waals surface area contributed by atoms with Crippen molar-refractivity contribution in [2.75, 3.05) is 0 Å². The zero-order valence-corrected chi connectivity index (χ0v) is 7.89. The van der Waals surface area contributed by atoms with Crippen LogP contribution in [0, 0.1) is 0 Å². The number of hydrogen-bond donors (Lipinski definition) is 0. The van der Waals surface area contributed by atoms with Crippen molar-refractivity contribution in [3.05, 3.63) is 12.2 Å². The number of allylic oxidation sites excluding steroid dienone is 2. The molecule has 0 aromatic carbocycles. The molecular weight excluding hydrogens is 266 g/mol. The summed E-state index contributed by atoms with van der Waals surface area (Å²) in [6, 6.07) is 0. The molecule has 0 spiro atoms. The molecule has 0 heterocycles. The van der Waals surface area contributed by atoms with E-state index in [1.54, 1.807) is 0 Å². The number of halogens is 7. The van der Waals surface area contributed by atoms with Gasteiger partial charge in [-0.2, -0.15) is 22.0 Å². The maximum Gasteiger partial charge on any atom is 0.433 e. The molecule has 0 aromatic heterocycles. The average Bonchev–Trinajstić information content (AvgIpc) is 1.82. The lowest BCUT2D eigenvalue weighted by atomic mass is 10.1. The summed E-state index contributed by atoms with van der Waals surface area (Å²) in [5.74, 6) is 0. The Morgan fingerprint density at radius 3 is 1.46 bits per heavy atom. The summed E-state index contributed by atoms with van der Waals surface area (Å²) in [5.41, 5.74) is -4.67. The molecule has 0 N–H and O–H groups in total. The lowest BCUT2D eigenvalue weighted by Crippen LogP contribution is -2.50. The van der Waals surface area contributed by atoms with E-state index in [1.807, 2.05) is 0 Å². The van der Waals surface area contributed by atoms with Gasteiger partial charge in [0.1, 0.15) is 0 Å². The highest BCUT2D eigenvalue weighted by atomic mass is 79.9. The molecule has 1 atom stereocenters. The molecule has 0 radical (unpaired) electrons. The van der Waals surface area contributed by atoms with Crippen LogP contribution >= 0.6 is 15.9 Å². The van der Waals surface area contributed by atoms with E-state index in [9.17, 15) is 26.3 Å². The molecule has 0 aliphatic heterocycles. The second kappa shape index (κ2) is 3.51. The van der Waals surface area contributed by atoms with Crippen molar-refractivity contribution in [3.8, 4) is 0 Å². The Morgan fingerprint density at radius 2 is 1.38 bits per heavy atom. The van der Waals surface area contributed by atoms with Crippen LogP contribution < -0.4 is 0 Å². The molecule has 0 nitrogen and oxygen atoms in total. The first kappa shape index (κ1) is 12.8. The van der Waals surface area contributed by atoms with Gasteiger partial charge in [-0.05, 0) is 28.9 Å². The summed E-state index contributed by atoms with van der Waals surface area (Å²) in [5, 5.41) is 0. The first-order valence-corrected chi connectivity index (χ1v) is 3.82. The van der Waals surface area contributed by atoms with E-state index < -0.39 is 16.7 Å². The van der Waals surface area contributed by atoms with Crippen LogP contribution in [0.2, 0.25) is 0 Å². The summed E-state index contributed by atoms with van der Waals surface area (Å²) in [6.07, 6.45) is -5.32. The first-order chi connectivity index (χ1) is 5.56. The smallest absolute Gasteiger partial charge is 0.221 e. The van der Waals surface area contributed by atoms with E-state index in [0.717, 1.165) is 6.92 Å². The van der Waals surface area contributed by atoms with Crippen LogP contribution in [0.1, 0.15) is 6.92 Å². The largest absolute Gasteiger partial charge is 0.433 e. The standard InChI is InChI=1S/C6H5BrF6/c1-2-3-4(8,5(7,9)10)6(11,12)13/h2-3H,1H3/b3-2+. The molecule has 0 aliphatic carbocycles. The van der Waals surface area contributed by atoms with Crippen molar-refractivity contribution in [2.45, 2.75) is 23.6 Å². The Labute approximate surface area is 78.7 Å². The summed E-state index contributed by atoms with van der Waals surface area (Å²) < 4.78 is 72.8. The molecule has 0 aromatic rings. The van der Waals surface area contributed by atoms with E-state index in [-0.39, 0.29) is 6.08 Å². The highest BCUT2D eigenvalue weighted by Gasteiger charge is 2.68. The molecule has 1 unspecified atom stereocenters. The average molecular weight is 271 g/mol. The third kappa shape index (κ3) is 2.38. The zero-order valence-electron chi connectivity index (χ0n) is 6.30. The van der Waals surface area contributed by atoms with Crippen LogP contribution in [0.15, 0.2) is 12.2 Å². The van der Waals surface area contributed by atoms with Gasteiger partial charge >= 0.3 is 11.0 Å². The van der Waals surface area contributed by atoms with Gasteiger partial charge in [0.15, 0.2) is 0 Å². The zero-order chi connectivity index (χ0) is 10.9. The fourth-order valence-electron chi connectivity index (χ4n) is 0.579. The van der Waals surface area contributed by atoms with E-state index >= 15 is 0 Å². The van der Waals surface area contributed by atoms with Crippen LogP contribution in [0.25, 0.3) is 0 Å². The molecule has 0 aliphatic rings. The van der Waals surface area contributed by atoms with Crippen LogP contribution in [0.3, 0.4) is 0 Å². The minimum Gasteiger partial charge on any atom is -0.221 e. The lowest BCUT2D eigenvalue weighted by Gasteiger charge is -2.28. The Morgan fingerprint density at radius 1 is 1.00 bits per heavy atom. The molecule has 0 bridgehead atoms. The monoisotopic (exact) mass is 270 g/mol. The van der Waals surface area contributed by atoms with Crippen molar-refractivity contribution >= 4 is 15.9 Å². The van der Waals surface area contributed by atoms with Gasteiger partial charge in [0, 0.05) is 0 Å². The van der Waals surface area contributed by atoms with Gasteiger partial charge in [-0.15, -0.1) is 0 Å². The molecule has 7 heteroatoms. The summed E-state index contributed by atoms with van der Waals surface area (Å²) in [6.45, 7) is 1.01. The van der Waals surface area contributed by atoms with E-state index in [1.165, 1.54) is 15.9 Å². The van der Waals surface area contributed by atoms with Crippen molar-refractivity contribution < 1.29 is 26.3 Å². The second-order valence-electron chi connectivity index (χ2n) is 2.21. The van der Waals surface area contributed by atoms with Crippen molar-refractivity contribution in [1.82, 2.24) is 0 Å². The van der Waals surface area contributed by atoms with Gasteiger partial charge < -0.3 is 0 Å². The first-order valence-electron chi connectivity index (χ1n) is 3.02. The van der Waals surface area contributed by atoms with Gasteiger partial charge in [-0.25, -0.2) is 4.39 Å². The quantitative estimate of drug-likeness (QED) is 0.407. The summed E-state index contributed by atoms with van der Waals surface area (Å²) >= 11 is 1.36. The molecule has 0 saturated heterocycles. The van der Waals surface area contributed by atoms with E-state index in [2.05, 4.69) is 0 Å². The van der Waals surface area contributed by atoms with E-state index in [0.29, 0.717) is 6.08 Å². The molecule has 13 heavy (non-hydrogen) atoms. The summed E-state index contributed by atoms with van der Waals surface area (Å²) in [4.78, 5) is -4.68. The highest BCUT2D eigenvalue weighted by molar-refractivity contribution is 9.10. The molecule has 0 fully saturated rings. The van der Waals surface area contributed by atoms with Crippen molar-refractivity contribution in [1.29, 1.82) is 0 Å². The normalized spacial score (nSPS) is 19.1. The minimum absolute atomic E-state index is 0.234.